The number of nitrogens with one attached hydrogen (secondary N) is 1. The van der Waals surface area contributed by atoms with E-state index >= 15 is 0 Å². The Balaban J connectivity index is 1.34. The molecule has 0 bridgehead atoms. The third-order valence-electron chi connectivity index (χ3n) is 5.61. The molecule has 2 fully saturated rings. The van der Waals surface area contributed by atoms with Crippen molar-refractivity contribution in [3.8, 4) is 0 Å². The van der Waals surface area contributed by atoms with Crippen molar-refractivity contribution in [2.24, 2.45) is 0 Å². The largest absolute Gasteiger partial charge is 0.352 e. The van der Waals surface area contributed by atoms with Gasteiger partial charge in [-0.05, 0) is 38.8 Å². The fourth-order valence-corrected chi connectivity index (χ4v) is 5.36. The summed E-state index contributed by atoms with van der Waals surface area (Å²) in [7, 11) is -1.96. The van der Waals surface area contributed by atoms with Crippen molar-refractivity contribution in [2.75, 3.05) is 25.0 Å². The van der Waals surface area contributed by atoms with Crippen molar-refractivity contribution in [2.45, 2.75) is 43.5 Å². The molecule has 10 nitrogen and oxygen atoms in total. The van der Waals surface area contributed by atoms with E-state index in [1.807, 2.05) is 16.6 Å². The van der Waals surface area contributed by atoms with Crippen LogP contribution in [0.1, 0.15) is 36.0 Å². The minimum atomic E-state index is -3.59. The molecule has 0 spiro atoms. The number of hydrogen-bond acceptors (Lipinski definition) is 7. The Hall–Kier alpha value is -2.53. The molecule has 2 aliphatic rings. The van der Waals surface area contributed by atoms with E-state index in [9.17, 15) is 8.42 Å². The molecule has 1 aliphatic heterocycles. The molecule has 4 heterocycles. The molecule has 0 unspecified atom stereocenters. The average Bonchev–Trinajstić information content (AvgIpc) is 3.28. The molecule has 1 saturated heterocycles. The van der Waals surface area contributed by atoms with Gasteiger partial charge in [0, 0.05) is 26.1 Å². The van der Waals surface area contributed by atoms with E-state index < -0.39 is 10.0 Å². The number of H-pyrrole nitrogens is 1. The first-order chi connectivity index (χ1) is 13.4. The number of likely N-dealkylation sites (N-methyl/N-ethyl adjacent to an activating group) is 1. The summed E-state index contributed by atoms with van der Waals surface area (Å²) in [6.07, 6.45) is 2.27. The fraction of sp³-hybridized carbons (Fsp3) is 0.529. The van der Waals surface area contributed by atoms with Gasteiger partial charge in [0.05, 0.1) is 17.4 Å². The summed E-state index contributed by atoms with van der Waals surface area (Å²) in [5.74, 6) is 2.19. The number of hydrogen-bond donors (Lipinski definition) is 1. The van der Waals surface area contributed by atoms with Crippen LogP contribution >= 0.6 is 0 Å². The zero-order valence-corrected chi connectivity index (χ0v) is 16.8. The lowest BCUT2D eigenvalue weighted by molar-refractivity contribution is 0.308. The highest BCUT2D eigenvalue weighted by atomic mass is 32.2. The van der Waals surface area contributed by atoms with Gasteiger partial charge in [0.25, 0.3) is 0 Å². The second-order valence-corrected chi connectivity index (χ2v) is 9.57. The molecule has 148 valence electrons. The molecule has 1 N–H and O–H groups in total. The number of anilines is 1. The lowest BCUT2D eigenvalue weighted by atomic mass is 10.1. The minimum absolute atomic E-state index is 0.111. The van der Waals surface area contributed by atoms with Gasteiger partial charge in [0.2, 0.25) is 10.0 Å². The fourth-order valence-electron chi connectivity index (χ4n) is 3.69. The summed E-state index contributed by atoms with van der Waals surface area (Å²) in [6, 6.07) is 3.71. The van der Waals surface area contributed by atoms with Crippen LogP contribution in [-0.4, -0.2) is 68.9 Å². The molecule has 0 amide bonds. The lowest BCUT2D eigenvalue weighted by Gasteiger charge is -2.43. The highest BCUT2D eigenvalue weighted by Gasteiger charge is 2.39. The molecule has 11 heteroatoms. The van der Waals surface area contributed by atoms with Gasteiger partial charge in [-0.1, -0.05) is 0 Å². The van der Waals surface area contributed by atoms with E-state index in [1.54, 1.807) is 20.9 Å². The standard InChI is InChI=1S/C17H22N8O2S/c1-10-16(11(2)19-18-10)28(26,27)23(3)13-8-24(9-13)15-7-6-14-20-21-17(12-4-5-12)25(14)22-15/h6-7,12-13H,4-5,8-9H2,1-3H3,(H,18,19). The predicted molar refractivity (Wildman–Crippen MR) is 102 cm³/mol. The summed E-state index contributed by atoms with van der Waals surface area (Å²) in [6.45, 7) is 4.60. The molecular weight excluding hydrogens is 380 g/mol. The summed E-state index contributed by atoms with van der Waals surface area (Å²) < 4.78 is 29.2. The molecule has 1 saturated carbocycles. The van der Waals surface area contributed by atoms with Gasteiger partial charge in [0.15, 0.2) is 11.5 Å². The smallest absolute Gasteiger partial charge is 0.246 e. The highest BCUT2D eigenvalue weighted by Crippen LogP contribution is 2.39. The number of aromatic nitrogens is 6. The van der Waals surface area contributed by atoms with Crippen molar-refractivity contribution in [3.63, 3.8) is 0 Å². The van der Waals surface area contributed by atoms with Gasteiger partial charge in [-0.15, -0.1) is 15.3 Å². The maximum Gasteiger partial charge on any atom is 0.246 e. The normalized spacial score (nSPS) is 18.2. The van der Waals surface area contributed by atoms with Crippen LogP contribution in [0.5, 0.6) is 0 Å². The Morgan fingerprint density at radius 1 is 1.18 bits per heavy atom. The molecular formula is C17H22N8O2S. The molecule has 1 aliphatic carbocycles. The number of rotatable bonds is 5. The van der Waals surface area contributed by atoms with Crippen LogP contribution < -0.4 is 4.90 Å². The van der Waals surface area contributed by atoms with Crippen molar-refractivity contribution in [1.29, 1.82) is 0 Å². The Morgan fingerprint density at radius 3 is 2.57 bits per heavy atom. The number of fused-ring (bicyclic) bond motifs is 1. The Bertz CT molecular complexity index is 1140. The van der Waals surface area contributed by atoms with Gasteiger partial charge >= 0.3 is 0 Å². The third-order valence-corrected chi connectivity index (χ3v) is 7.79. The summed E-state index contributed by atoms with van der Waals surface area (Å²) >= 11 is 0. The van der Waals surface area contributed by atoms with Crippen LogP contribution in [0.2, 0.25) is 0 Å². The number of aromatic amines is 1. The first-order valence-electron chi connectivity index (χ1n) is 9.33. The van der Waals surface area contributed by atoms with Crippen molar-refractivity contribution >= 4 is 21.5 Å². The van der Waals surface area contributed by atoms with Gasteiger partial charge < -0.3 is 4.90 Å². The molecule has 3 aromatic heterocycles. The number of nitrogens with zero attached hydrogens (tertiary/aromatic N) is 7. The van der Waals surface area contributed by atoms with Crippen LogP contribution in [-0.2, 0) is 10.0 Å². The zero-order valence-electron chi connectivity index (χ0n) is 16.0. The van der Waals surface area contributed by atoms with E-state index in [1.165, 1.54) is 4.31 Å². The summed E-state index contributed by atoms with van der Waals surface area (Å²) in [4.78, 5) is 2.34. The zero-order chi connectivity index (χ0) is 19.6. The van der Waals surface area contributed by atoms with Gasteiger partial charge in [-0.2, -0.15) is 13.9 Å². The monoisotopic (exact) mass is 402 g/mol. The maximum atomic E-state index is 13.0. The van der Waals surface area contributed by atoms with E-state index in [2.05, 4.69) is 30.4 Å². The average molecular weight is 402 g/mol. The minimum Gasteiger partial charge on any atom is -0.352 e. The third kappa shape index (κ3) is 2.60. The summed E-state index contributed by atoms with van der Waals surface area (Å²) in [5, 5.41) is 19.9. The highest BCUT2D eigenvalue weighted by molar-refractivity contribution is 7.89. The first kappa shape index (κ1) is 17.6. The Labute approximate surface area is 162 Å². The van der Waals surface area contributed by atoms with Crippen LogP contribution in [0.4, 0.5) is 5.82 Å². The first-order valence-corrected chi connectivity index (χ1v) is 10.8. The molecule has 0 atom stereocenters. The quantitative estimate of drug-likeness (QED) is 0.673. The van der Waals surface area contributed by atoms with E-state index in [0.717, 1.165) is 30.1 Å². The van der Waals surface area contributed by atoms with Crippen LogP contribution in [0.25, 0.3) is 5.65 Å². The SMILES string of the molecule is Cc1n[nH]c(C)c1S(=O)(=O)N(C)C1CN(c2ccc3nnc(C4CC4)n3n2)C1. The number of aryl methyl sites for hydroxylation is 2. The predicted octanol–water partition coefficient (Wildman–Crippen LogP) is 0.851. The number of sulfonamides is 1. The lowest BCUT2D eigenvalue weighted by Crippen LogP contribution is -2.60. The van der Waals surface area contributed by atoms with Crippen molar-refractivity contribution in [3.05, 3.63) is 29.3 Å². The van der Waals surface area contributed by atoms with Crippen LogP contribution in [0, 0.1) is 13.8 Å². The molecule has 0 radical (unpaired) electrons. The topological polar surface area (TPSA) is 112 Å². The Kier molecular flexibility index (Phi) is 3.75. The second kappa shape index (κ2) is 5.98. The molecule has 28 heavy (non-hydrogen) atoms. The summed E-state index contributed by atoms with van der Waals surface area (Å²) in [5.41, 5.74) is 1.80. The molecule has 0 aromatic carbocycles. The van der Waals surface area contributed by atoms with Crippen molar-refractivity contribution in [1.82, 2.24) is 34.3 Å². The molecule has 3 aromatic rings. The second-order valence-electron chi connectivity index (χ2n) is 7.64. The van der Waals surface area contributed by atoms with E-state index in [4.69, 9.17) is 0 Å². The Morgan fingerprint density at radius 2 is 1.93 bits per heavy atom. The maximum absolute atomic E-state index is 13.0. The van der Waals surface area contributed by atoms with Crippen LogP contribution in [0.3, 0.4) is 0 Å². The van der Waals surface area contributed by atoms with E-state index in [0.29, 0.717) is 30.4 Å². The molecule has 5 rings (SSSR count). The van der Waals surface area contributed by atoms with Crippen molar-refractivity contribution < 1.29 is 8.42 Å². The van der Waals surface area contributed by atoms with E-state index in [-0.39, 0.29) is 10.9 Å². The van der Waals surface area contributed by atoms with Gasteiger partial charge in [-0.3, -0.25) is 5.10 Å². The van der Waals surface area contributed by atoms with Gasteiger partial charge in [0.1, 0.15) is 10.7 Å². The van der Waals surface area contributed by atoms with Gasteiger partial charge in [-0.25, -0.2) is 8.42 Å². The van der Waals surface area contributed by atoms with Crippen LogP contribution in [0.15, 0.2) is 17.0 Å².